The fourth-order valence-corrected chi connectivity index (χ4v) is 13.2. The van der Waals surface area contributed by atoms with E-state index in [4.69, 9.17) is 28.4 Å². The van der Waals surface area contributed by atoms with E-state index in [1.807, 2.05) is 0 Å². The van der Waals surface area contributed by atoms with Crippen LogP contribution in [-0.4, -0.2) is 193 Å². The van der Waals surface area contributed by atoms with Crippen LogP contribution in [0.25, 0.3) is 0 Å². The Balaban J connectivity index is 1.38. The number of ether oxygens (including phenoxy) is 6. The highest BCUT2D eigenvalue weighted by Gasteiger charge is 2.54. The maximum atomic E-state index is 13.5. The van der Waals surface area contributed by atoms with E-state index in [0.29, 0.717) is 12.8 Å². The zero-order valence-electron chi connectivity index (χ0n) is 64.7. The Morgan fingerprint density at radius 1 is 0.352 bits per heavy atom. The summed E-state index contributed by atoms with van der Waals surface area (Å²) in [4.78, 5) is 13.5. The number of hydrogen-bond donors (Lipinski definition) is 12. The van der Waals surface area contributed by atoms with Crippen LogP contribution in [0.5, 0.6) is 0 Å². The third kappa shape index (κ3) is 44.6. The van der Waals surface area contributed by atoms with E-state index >= 15 is 0 Å². The van der Waals surface area contributed by atoms with Crippen LogP contribution in [-0.2, 0) is 33.2 Å². The smallest absolute Gasteiger partial charge is 0.220 e. The minimum atomic E-state index is -1.98. The highest BCUT2D eigenvalue weighted by Crippen LogP contribution is 2.33. The van der Waals surface area contributed by atoms with E-state index in [2.05, 4.69) is 141 Å². The zero-order chi connectivity index (χ0) is 76.0. The van der Waals surface area contributed by atoms with Crippen molar-refractivity contribution in [3.05, 3.63) is 122 Å². The van der Waals surface area contributed by atoms with Crippen LogP contribution >= 0.6 is 0 Å². The first-order valence-corrected chi connectivity index (χ1v) is 41.3. The molecule has 12 N–H and O–H groups in total. The summed E-state index contributed by atoms with van der Waals surface area (Å²) in [5.41, 5.74) is 0. The molecule has 0 aromatic rings. The molecule has 0 aliphatic carbocycles. The van der Waals surface area contributed by atoms with Gasteiger partial charge in [0.05, 0.1) is 38.6 Å². The van der Waals surface area contributed by atoms with Crippen molar-refractivity contribution in [1.29, 1.82) is 0 Å². The molecule has 3 aliphatic heterocycles. The lowest BCUT2D eigenvalue weighted by molar-refractivity contribution is -0.379. The number of rotatable bonds is 64. The number of aliphatic hydroxyl groups excluding tert-OH is 11. The fourth-order valence-electron chi connectivity index (χ4n) is 13.2. The lowest BCUT2D eigenvalue weighted by Gasteiger charge is -2.48. The molecule has 3 heterocycles. The topological polar surface area (TPSA) is 307 Å². The van der Waals surface area contributed by atoms with Crippen LogP contribution in [0.2, 0.25) is 0 Å². The van der Waals surface area contributed by atoms with Gasteiger partial charge in [-0.3, -0.25) is 4.79 Å². The molecule has 0 aromatic heterocycles. The predicted octanol–water partition coefficient (Wildman–Crippen LogP) is 14.3. The molecule has 105 heavy (non-hydrogen) atoms. The van der Waals surface area contributed by atoms with Gasteiger partial charge in [0.25, 0.3) is 0 Å². The summed E-state index contributed by atoms with van der Waals surface area (Å²) >= 11 is 0. The maximum Gasteiger partial charge on any atom is 0.220 e. The van der Waals surface area contributed by atoms with Crippen molar-refractivity contribution in [3.8, 4) is 0 Å². The number of carbonyl (C=O) groups excluding carboxylic acids is 1. The van der Waals surface area contributed by atoms with Gasteiger partial charge in [-0.05, 0) is 89.9 Å². The van der Waals surface area contributed by atoms with Crippen LogP contribution in [0.1, 0.15) is 284 Å². The van der Waals surface area contributed by atoms with E-state index in [1.54, 1.807) is 0 Å². The second-order valence-corrected chi connectivity index (χ2v) is 28.9. The van der Waals surface area contributed by atoms with Crippen molar-refractivity contribution in [2.24, 2.45) is 0 Å². The summed E-state index contributed by atoms with van der Waals surface area (Å²) in [7, 11) is 0. The molecule has 0 saturated carbocycles. The number of unbranched alkanes of at least 4 members (excludes halogenated alkanes) is 28. The Bertz CT molecular complexity index is 2370. The van der Waals surface area contributed by atoms with Crippen molar-refractivity contribution >= 4 is 5.91 Å². The van der Waals surface area contributed by atoms with E-state index in [-0.39, 0.29) is 18.9 Å². The Morgan fingerprint density at radius 2 is 0.657 bits per heavy atom. The Kier molecular flexibility index (Phi) is 59.0. The average molecular weight is 1480 g/mol. The average Bonchev–Trinajstić information content (AvgIpc) is 0.781. The third-order valence-electron chi connectivity index (χ3n) is 19.8. The van der Waals surface area contributed by atoms with Crippen LogP contribution in [0, 0.1) is 0 Å². The highest BCUT2D eigenvalue weighted by atomic mass is 16.8. The van der Waals surface area contributed by atoms with E-state index in [1.165, 1.54) is 135 Å². The molecule has 0 radical (unpaired) electrons. The molecule has 1 amide bonds. The van der Waals surface area contributed by atoms with Crippen molar-refractivity contribution < 1.29 is 89.4 Å². The number of allylic oxidation sites excluding steroid dienone is 20. The second-order valence-electron chi connectivity index (χ2n) is 28.9. The van der Waals surface area contributed by atoms with E-state index in [9.17, 15) is 61.0 Å². The van der Waals surface area contributed by atoms with Crippen molar-refractivity contribution in [3.63, 3.8) is 0 Å². The number of amides is 1. The quantitative estimate of drug-likeness (QED) is 0.0199. The van der Waals surface area contributed by atoms with E-state index < -0.39 is 124 Å². The SMILES string of the molecule is CC/C=C\C/C=C\C/C=C\C/C=C\C/C=C\C/C=C\C/C=C\C/C=C\C/C=C\C/C=C\CCCCCCC(=O)NC(COC1OC(CO)C(OC2OC(CO)C(OC3OC(CO)C(O)C(O)C3O)C(O)C2O)C(O)C1O)C(O)CCCCCCCCCCCCCCCCCCCCCCCCCCC. The van der Waals surface area contributed by atoms with Crippen LogP contribution in [0.15, 0.2) is 122 Å². The molecule has 604 valence electrons. The molecule has 0 spiro atoms. The summed E-state index contributed by atoms with van der Waals surface area (Å²) in [5.74, 6) is -0.269. The molecule has 0 aromatic carbocycles. The van der Waals surface area contributed by atoms with Crippen LogP contribution in [0.3, 0.4) is 0 Å². The molecular formula is C86H147NO18. The first-order valence-electron chi connectivity index (χ1n) is 41.3. The first kappa shape index (κ1) is 95.4. The van der Waals surface area contributed by atoms with Gasteiger partial charge in [0.15, 0.2) is 18.9 Å². The standard InChI is InChI=1S/C86H147NO18/c1-3-5-7-9-11-13-15-17-19-21-23-25-27-29-30-31-32-33-34-35-36-37-38-40-42-44-46-48-50-52-54-56-58-60-62-64-74(92)87-69(70(91)63-61-59-57-55-53-51-49-47-45-43-41-39-28-26-24-22-20-18-16-14-12-10-8-6-4-2)68-100-84-80(98)77(95)82(72(66-89)102-84)105-86-81(99)78(96)83(73(67-90)103-86)104-85-79(97)76(94)75(93)71(65-88)101-85/h5,7,11,13,17,19,23,25,29-30,32-33,35-36,38,40,44,46,50,52,69-73,75-86,88-91,93-99H,3-4,6,8-10,12,14-16,18,20-22,24,26-28,31,34,37,39,41-43,45,47-49,51,53-68H2,1-2H3,(H,87,92)/b7-5-,13-11-,19-17-,25-23-,30-29-,33-32-,36-35-,40-38-,46-44-,52-50-. The molecule has 3 aliphatic rings. The number of nitrogens with one attached hydrogen (secondary N) is 1. The minimum absolute atomic E-state index is 0.229. The van der Waals surface area contributed by atoms with Gasteiger partial charge in [0.2, 0.25) is 5.91 Å². The van der Waals surface area contributed by atoms with Crippen molar-refractivity contribution in [2.75, 3.05) is 26.4 Å². The molecule has 3 saturated heterocycles. The lowest BCUT2D eigenvalue weighted by Crippen LogP contribution is -2.66. The van der Waals surface area contributed by atoms with Gasteiger partial charge in [-0.25, -0.2) is 0 Å². The highest BCUT2D eigenvalue weighted by molar-refractivity contribution is 5.76. The fraction of sp³-hybridized carbons (Fsp3) is 0.756. The molecular weight excluding hydrogens is 1330 g/mol. The number of carbonyl (C=O) groups is 1. The maximum absolute atomic E-state index is 13.5. The molecule has 17 unspecified atom stereocenters. The number of aliphatic hydroxyl groups is 11. The molecule has 19 nitrogen and oxygen atoms in total. The third-order valence-corrected chi connectivity index (χ3v) is 19.8. The Hall–Kier alpha value is -3.81. The Morgan fingerprint density at radius 3 is 1.03 bits per heavy atom. The van der Waals surface area contributed by atoms with Gasteiger partial charge in [-0.2, -0.15) is 0 Å². The largest absolute Gasteiger partial charge is 0.394 e. The summed E-state index contributed by atoms with van der Waals surface area (Å²) in [5, 5.41) is 121. The van der Waals surface area contributed by atoms with Gasteiger partial charge in [-0.1, -0.05) is 309 Å². The van der Waals surface area contributed by atoms with E-state index in [0.717, 1.165) is 116 Å². The van der Waals surface area contributed by atoms with Crippen LogP contribution in [0.4, 0.5) is 0 Å². The first-order chi connectivity index (χ1) is 51.3. The molecule has 17 atom stereocenters. The molecule has 3 rings (SSSR count). The van der Waals surface area contributed by atoms with Gasteiger partial charge in [0.1, 0.15) is 73.2 Å². The zero-order valence-corrected chi connectivity index (χ0v) is 64.7. The van der Waals surface area contributed by atoms with Gasteiger partial charge >= 0.3 is 0 Å². The summed E-state index contributed by atoms with van der Waals surface area (Å²) in [6, 6.07) is -0.912. The second kappa shape index (κ2) is 65.0. The minimum Gasteiger partial charge on any atom is -0.394 e. The number of hydrogen-bond acceptors (Lipinski definition) is 18. The normalized spacial score (nSPS) is 26.4. The summed E-state index contributed by atoms with van der Waals surface area (Å²) < 4.78 is 34.5. The predicted molar refractivity (Wildman–Crippen MR) is 420 cm³/mol. The Labute approximate surface area is 633 Å². The van der Waals surface area contributed by atoms with Crippen molar-refractivity contribution in [1.82, 2.24) is 5.32 Å². The van der Waals surface area contributed by atoms with Gasteiger partial charge in [-0.15, -0.1) is 0 Å². The van der Waals surface area contributed by atoms with Gasteiger partial charge < -0.3 is 89.9 Å². The van der Waals surface area contributed by atoms with Gasteiger partial charge in [0, 0.05) is 6.42 Å². The van der Waals surface area contributed by atoms with Crippen molar-refractivity contribution in [2.45, 2.75) is 388 Å². The summed E-state index contributed by atoms with van der Waals surface area (Å²) in [6.07, 6.45) is 64.2. The monoisotopic (exact) mass is 1480 g/mol. The molecule has 3 fully saturated rings. The summed E-state index contributed by atoms with van der Waals surface area (Å²) in [6.45, 7) is 1.69. The molecule has 0 bridgehead atoms. The molecule has 19 heteroatoms. The lowest BCUT2D eigenvalue weighted by atomic mass is 9.96. The van der Waals surface area contributed by atoms with Crippen LogP contribution < -0.4 is 5.32 Å².